The Morgan fingerprint density at radius 1 is 1.07 bits per heavy atom. The molecule has 1 saturated carbocycles. The van der Waals surface area contributed by atoms with Crippen LogP contribution in [-0.2, 0) is 25.7 Å². The molecule has 4 nitrogen and oxygen atoms in total. The molecule has 158 valence electrons. The number of benzene rings is 1. The number of aryl methyl sites for hydroxylation is 1. The van der Waals surface area contributed by atoms with Gasteiger partial charge in [0.05, 0.1) is 6.10 Å². The first-order chi connectivity index (χ1) is 13.9. The Morgan fingerprint density at radius 2 is 1.86 bits per heavy atom. The van der Waals surface area contributed by atoms with Crippen molar-refractivity contribution in [2.24, 2.45) is 23.7 Å². The van der Waals surface area contributed by atoms with Crippen molar-refractivity contribution in [2.45, 2.75) is 83.1 Å². The van der Waals surface area contributed by atoms with E-state index in [0.717, 1.165) is 37.7 Å². The molecule has 0 amide bonds. The monoisotopic (exact) mass is 398 g/mol. The maximum Gasteiger partial charge on any atom is 0.201 e. The van der Waals surface area contributed by atoms with Crippen LogP contribution in [0.3, 0.4) is 0 Å². The van der Waals surface area contributed by atoms with Crippen LogP contribution in [0, 0.1) is 23.7 Å². The number of hydrogen-bond acceptors (Lipinski definition) is 4. The van der Waals surface area contributed by atoms with Crippen LogP contribution in [0.5, 0.6) is 0 Å². The second kappa shape index (κ2) is 7.19. The SMILES string of the molecule is C=Cc1ccc(CC[C@H]2O[C@@H]3O[C@@]4(C)CC[C@H]5[C@H](C)CC[C@@H]([C@H]2C)[C@@]35OO4)cc1. The standard InChI is InChI=1S/C25H34O4/c1-5-18-7-9-19(10-8-18)11-13-22-17(3)21-12-6-16(2)20-14-15-24(4)27-23(26-22)25(20,21)29-28-24/h5,7-10,16-17,20-23H,1,6,11-15H2,2-4H3/t16-,17-,20+,21+,22-,23-,24-,25-/m1/s1. The van der Waals surface area contributed by atoms with Crippen molar-refractivity contribution in [1.29, 1.82) is 0 Å². The highest BCUT2D eigenvalue weighted by Gasteiger charge is 2.69. The maximum atomic E-state index is 6.68. The van der Waals surface area contributed by atoms with E-state index < -0.39 is 11.4 Å². The summed E-state index contributed by atoms with van der Waals surface area (Å²) < 4.78 is 13.1. The van der Waals surface area contributed by atoms with Gasteiger partial charge in [0.25, 0.3) is 0 Å². The summed E-state index contributed by atoms with van der Waals surface area (Å²) in [5.74, 6) is 1.19. The molecule has 0 unspecified atom stereocenters. The molecule has 0 radical (unpaired) electrons. The number of hydrogen-bond donors (Lipinski definition) is 0. The lowest BCUT2D eigenvalue weighted by Gasteiger charge is -2.60. The van der Waals surface area contributed by atoms with Gasteiger partial charge in [-0.3, -0.25) is 0 Å². The Morgan fingerprint density at radius 3 is 2.62 bits per heavy atom. The Bertz CT molecular complexity index is 761. The molecule has 2 bridgehead atoms. The van der Waals surface area contributed by atoms with E-state index in [-0.39, 0.29) is 12.4 Å². The van der Waals surface area contributed by atoms with Crippen molar-refractivity contribution in [3.05, 3.63) is 42.0 Å². The molecule has 0 N–H and O–H groups in total. The highest BCUT2D eigenvalue weighted by atomic mass is 17.3. The van der Waals surface area contributed by atoms with Gasteiger partial charge in [-0.2, -0.15) is 0 Å². The highest BCUT2D eigenvalue weighted by molar-refractivity contribution is 5.47. The van der Waals surface area contributed by atoms with E-state index in [0.29, 0.717) is 23.7 Å². The van der Waals surface area contributed by atoms with E-state index in [2.05, 4.69) is 44.7 Å². The lowest BCUT2D eigenvalue weighted by atomic mass is 9.57. The minimum Gasteiger partial charge on any atom is -0.346 e. The summed E-state index contributed by atoms with van der Waals surface area (Å²) in [5, 5.41) is 0. The normalized spacial score (nSPS) is 46.0. The molecular weight excluding hydrogens is 364 g/mol. The van der Waals surface area contributed by atoms with Gasteiger partial charge in [0.2, 0.25) is 5.79 Å². The third-order valence-corrected chi connectivity index (χ3v) is 8.23. The molecule has 1 aromatic carbocycles. The summed E-state index contributed by atoms with van der Waals surface area (Å²) in [6.45, 7) is 10.5. The van der Waals surface area contributed by atoms with Gasteiger partial charge in [0.15, 0.2) is 11.9 Å². The quantitative estimate of drug-likeness (QED) is 0.627. The van der Waals surface area contributed by atoms with Crippen molar-refractivity contribution in [1.82, 2.24) is 0 Å². The van der Waals surface area contributed by atoms with Crippen LogP contribution in [0.2, 0.25) is 0 Å². The van der Waals surface area contributed by atoms with Gasteiger partial charge < -0.3 is 9.47 Å². The fourth-order valence-corrected chi connectivity index (χ4v) is 6.44. The van der Waals surface area contributed by atoms with Gasteiger partial charge in [0.1, 0.15) is 0 Å². The number of rotatable bonds is 4. The van der Waals surface area contributed by atoms with Crippen LogP contribution in [0.1, 0.15) is 64.0 Å². The fourth-order valence-electron chi connectivity index (χ4n) is 6.44. The Labute approximate surface area is 174 Å². The predicted molar refractivity (Wildman–Crippen MR) is 112 cm³/mol. The number of fused-ring (bicyclic) bond motifs is 2. The summed E-state index contributed by atoms with van der Waals surface area (Å²) in [4.78, 5) is 12.1. The molecule has 8 atom stereocenters. The molecule has 4 heterocycles. The average Bonchev–Trinajstić information content (AvgIpc) is 2.96. The van der Waals surface area contributed by atoms with Crippen molar-refractivity contribution >= 4 is 6.08 Å². The van der Waals surface area contributed by atoms with Gasteiger partial charge in [-0.1, -0.05) is 50.8 Å². The smallest absolute Gasteiger partial charge is 0.201 e. The van der Waals surface area contributed by atoms with Crippen molar-refractivity contribution in [2.75, 3.05) is 0 Å². The zero-order valence-corrected chi connectivity index (χ0v) is 17.9. The summed E-state index contributed by atoms with van der Waals surface area (Å²) in [6.07, 6.45) is 8.10. The topological polar surface area (TPSA) is 36.9 Å². The van der Waals surface area contributed by atoms with Gasteiger partial charge in [-0.05, 0) is 67.9 Å². The molecule has 4 saturated heterocycles. The Hall–Kier alpha value is -1.20. The minimum absolute atomic E-state index is 0.176. The maximum absolute atomic E-state index is 6.68. The molecule has 1 spiro atoms. The van der Waals surface area contributed by atoms with Crippen LogP contribution in [0.4, 0.5) is 0 Å². The molecule has 5 fully saturated rings. The first kappa shape index (κ1) is 19.7. The summed E-state index contributed by atoms with van der Waals surface area (Å²) >= 11 is 0. The van der Waals surface area contributed by atoms with E-state index in [1.54, 1.807) is 0 Å². The van der Waals surface area contributed by atoms with Crippen LogP contribution < -0.4 is 0 Å². The van der Waals surface area contributed by atoms with Crippen molar-refractivity contribution in [3.63, 3.8) is 0 Å². The Kier molecular flexibility index (Phi) is 4.90. The summed E-state index contributed by atoms with van der Waals surface area (Å²) in [6, 6.07) is 8.67. The van der Waals surface area contributed by atoms with Crippen LogP contribution in [-0.4, -0.2) is 23.8 Å². The molecule has 29 heavy (non-hydrogen) atoms. The first-order valence-corrected chi connectivity index (χ1v) is 11.4. The zero-order chi connectivity index (χ0) is 20.2. The molecule has 6 rings (SSSR count). The average molecular weight is 399 g/mol. The second-order valence-electron chi connectivity index (χ2n) is 9.93. The second-order valence-corrected chi connectivity index (χ2v) is 9.93. The van der Waals surface area contributed by atoms with E-state index in [9.17, 15) is 0 Å². The summed E-state index contributed by atoms with van der Waals surface area (Å²) in [5.41, 5.74) is 2.06. The van der Waals surface area contributed by atoms with Gasteiger partial charge in [0, 0.05) is 12.3 Å². The van der Waals surface area contributed by atoms with Gasteiger partial charge in [-0.15, -0.1) is 0 Å². The third kappa shape index (κ3) is 3.11. The molecule has 4 aliphatic heterocycles. The Balaban J connectivity index is 1.38. The van der Waals surface area contributed by atoms with Crippen LogP contribution in [0.25, 0.3) is 6.08 Å². The van der Waals surface area contributed by atoms with Crippen LogP contribution in [0.15, 0.2) is 30.8 Å². The van der Waals surface area contributed by atoms with Crippen molar-refractivity contribution < 1.29 is 19.2 Å². The molecular formula is C25H34O4. The van der Waals surface area contributed by atoms with Crippen molar-refractivity contribution in [3.8, 4) is 0 Å². The molecule has 4 heteroatoms. The fraction of sp³-hybridized carbons (Fsp3) is 0.680. The third-order valence-electron chi connectivity index (χ3n) is 8.23. The molecule has 5 aliphatic rings. The lowest BCUT2D eigenvalue weighted by Crippen LogP contribution is -2.70. The number of ether oxygens (including phenoxy) is 2. The van der Waals surface area contributed by atoms with E-state index >= 15 is 0 Å². The summed E-state index contributed by atoms with van der Waals surface area (Å²) in [7, 11) is 0. The molecule has 1 aromatic rings. The van der Waals surface area contributed by atoms with Gasteiger partial charge >= 0.3 is 0 Å². The molecule has 1 aliphatic carbocycles. The van der Waals surface area contributed by atoms with E-state index in [1.807, 2.05) is 13.0 Å². The largest absolute Gasteiger partial charge is 0.346 e. The van der Waals surface area contributed by atoms with E-state index in [4.69, 9.17) is 19.2 Å². The van der Waals surface area contributed by atoms with Crippen LogP contribution >= 0.6 is 0 Å². The lowest BCUT2D eigenvalue weighted by molar-refractivity contribution is -0.571. The van der Waals surface area contributed by atoms with E-state index in [1.165, 1.54) is 12.0 Å². The highest BCUT2D eigenvalue weighted by Crippen LogP contribution is 2.60. The predicted octanol–water partition coefficient (Wildman–Crippen LogP) is 5.51. The first-order valence-electron chi connectivity index (χ1n) is 11.4. The minimum atomic E-state index is -0.691. The van der Waals surface area contributed by atoms with Gasteiger partial charge in [-0.25, -0.2) is 9.78 Å². The molecule has 0 aromatic heterocycles. The zero-order valence-electron chi connectivity index (χ0n) is 17.9.